The summed E-state index contributed by atoms with van der Waals surface area (Å²) in [5, 5.41) is 0. The van der Waals surface area contributed by atoms with Crippen molar-refractivity contribution in [1.29, 1.82) is 0 Å². The number of nitrogens with zero attached hydrogens (tertiary/aromatic N) is 2. The summed E-state index contributed by atoms with van der Waals surface area (Å²) in [6.45, 7) is 4.37. The number of carbonyl (C=O) groups is 1. The molecule has 0 aliphatic rings. The number of rotatable bonds is 7. The summed E-state index contributed by atoms with van der Waals surface area (Å²) < 4.78 is 4.97. The number of hydrogen-bond donors (Lipinski definition) is 0. The molecule has 1 aromatic carbocycles. The van der Waals surface area contributed by atoms with Crippen LogP contribution in [0.5, 0.6) is 0 Å². The number of aryl methyl sites for hydroxylation is 1. The second-order valence-electron chi connectivity index (χ2n) is 5.17. The van der Waals surface area contributed by atoms with E-state index in [0.29, 0.717) is 18.0 Å². The van der Waals surface area contributed by atoms with E-state index in [1.807, 2.05) is 24.5 Å². The van der Waals surface area contributed by atoms with Crippen molar-refractivity contribution in [3.63, 3.8) is 0 Å². The number of aromatic nitrogens is 2. The lowest BCUT2D eigenvalue weighted by molar-refractivity contribution is 0.0526. The van der Waals surface area contributed by atoms with Crippen LogP contribution in [0.15, 0.2) is 36.7 Å². The highest BCUT2D eigenvalue weighted by Crippen LogP contribution is 2.16. The topological polar surface area (TPSA) is 52.1 Å². The van der Waals surface area contributed by atoms with Gasteiger partial charge in [0.05, 0.1) is 12.2 Å². The standard InChI is InChI=1S/C18H22N2O2/c1-3-5-6-7-14-12-19-17(20-13-14)15-8-10-16(11-9-15)18(21)22-4-2/h8-13H,3-7H2,1-2H3. The minimum atomic E-state index is -0.304. The molecule has 0 aliphatic heterocycles. The van der Waals surface area contributed by atoms with Gasteiger partial charge in [-0.05, 0) is 37.5 Å². The van der Waals surface area contributed by atoms with Crippen LogP contribution in [0.25, 0.3) is 11.4 Å². The fourth-order valence-corrected chi connectivity index (χ4v) is 2.18. The molecule has 2 aromatic rings. The molecule has 2 rings (SSSR count). The van der Waals surface area contributed by atoms with Crippen LogP contribution in [0, 0.1) is 0 Å². The van der Waals surface area contributed by atoms with Gasteiger partial charge in [-0.3, -0.25) is 0 Å². The molecule has 4 heteroatoms. The van der Waals surface area contributed by atoms with Gasteiger partial charge in [-0.25, -0.2) is 14.8 Å². The predicted molar refractivity (Wildman–Crippen MR) is 86.7 cm³/mol. The van der Waals surface area contributed by atoms with E-state index < -0.39 is 0 Å². The number of esters is 1. The third-order valence-corrected chi connectivity index (χ3v) is 3.43. The Balaban J connectivity index is 2.03. The van der Waals surface area contributed by atoms with Crippen LogP contribution in [-0.4, -0.2) is 22.5 Å². The summed E-state index contributed by atoms with van der Waals surface area (Å²) in [4.78, 5) is 20.4. The SMILES string of the molecule is CCCCCc1cnc(-c2ccc(C(=O)OCC)cc2)nc1. The van der Waals surface area contributed by atoms with Crippen molar-refractivity contribution in [2.24, 2.45) is 0 Å². The van der Waals surface area contributed by atoms with E-state index >= 15 is 0 Å². The number of ether oxygens (including phenoxy) is 1. The summed E-state index contributed by atoms with van der Waals surface area (Å²) in [5.74, 6) is 0.371. The Bertz CT molecular complexity index is 591. The average molecular weight is 298 g/mol. The maximum atomic E-state index is 11.6. The zero-order valence-electron chi connectivity index (χ0n) is 13.2. The third-order valence-electron chi connectivity index (χ3n) is 3.43. The van der Waals surface area contributed by atoms with Crippen LogP contribution in [0.2, 0.25) is 0 Å². The van der Waals surface area contributed by atoms with E-state index in [-0.39, 0.29) is 5.97 Å². The molecule has 1 aromatic heterocycles. The maximum Gasteiger partial charge on any atom is 0.338 e. The predicted octanol–water partition coefficient (Wildman–Crippen LogP) is 4.05. The van der Waals surface area contributed by atoms with E-state index in [2.05, 4.69) is 16.9 Å². The molecule has 0 aliphatic carbocycles. The van der Waals surface area contributed by atoms with Gasteiger partial charge in [0.1, 0.15) is 0 Å². The van der Waals surface area contributed by atoms with Gasteiger partial charge in [0.15, 0.2) is 5.82 Å². The molecule has 0 atom stereocenters. The van der Waals surface area contributed by atoms with Crippen LogP contribution >= 0.6 is 0 Å². The molecule has 0 saturated heterocycles. The van der Waals surface area contributed by atoms with Gasteiger partial charge in [-0.2, -0.15) is 0 Å². The van der Waals surface area contributed by atoms with Crippen LogP contribution in [0.3, 0.4) is 0 Å². The first-order chi connectivity index (χ1) is 10.7. The smallest absolute Gasteiger partial charge is 0.338 e. The maximum absolute atomic E-state index is 11.6. The average Bonchev–Trinajstić information content (AvgIpc) is 2.56. The zero-order valence-corrected chi connectivity index (χ0v) is 13.2. The van der Waals surface area contributed by atoms with Crippen molar-refractivity contribution < 1.29 is 9.53 Å². The van der Waals surface area contributed by atoms with E-state index in [1.165, 1.54) is 24.8 Å². The van der Waals surface area contributed by atoms with E-state index in [0.717, 1.165) is 12.0 Å². The first-order valence-electron chi connectivity index (χ1n) is 7.83. The monoisotopic (exact) mass is 298 g/mol. The first-order valence-corrected chi connectivity index (χ1v) is 7.83. The Hall–Kier alpha value is -2.23. The molecule has 4 nitrogen and oxygen atoms in total. The molecular weight excluding hydrogens is 276 g/mol. The van der Waals surface area contributed by atoms with Gasteiger partial charge in [-0.15, -0.1) is 0 Å². The lowest BCUT2D eigenvalue weighted by atomic mass is 10.1. The molecule has 0 unspecified atom stereocenters. The second-order valence-corrected chi connectivity index (χ2v) is 5.17. The molecule has 0 fully saturated rings. The zero-order chi connectivity index (χ0) is 15.8. The van der Waals surface area contributed by atoms with Gasteiger partial charge in [0.25, 0.3) is 0 Å². The molecule has 0 N–H and O–H groups in total. The highest BCUT2D eigenvalue weighted by Gasteiger charge is 2.07. The fraction of sp³-hybridized carbons (Fsp3) is 0.389. The van der Waals surface area contributed by atoms with Crippen molar-refractivity contribution in [3.8, 4) is 11.4 Å². The third kappa shape index (κ3) is 4.38. The highest BCUT2D eigenvalue weighted by atomic mass is 16.5. The number of benzene rings is 1. The molecule has 0 radical (unpaired) electrons. The van der Waals surface area contributed by atoms with Crippen LogP contribution < -0.4 is 0 Å². The lowest BCUT2D eigenvalue weighted by Gasteiger charge is -2.04. The molecule has 22 heavy (non-hydrogen) atoms. The van der Waals surface area contributed by atoms with Gasteiger partial charge in [0, 0.05) is 18.0 Å². The summed E-state index contributed by atoms with van der Waals surface area (Å²) >= 11 is 0. The second kappa shape index (κ2) is 8.27. The van der Waals surface area contributed by atoms with Crippen LogP contribution in [0.1, 0.15) is 49.0 Å². The van der Waals surface area contributed by atoms with Crippen LogP contribution in [0.4, 0.5) is 0 Å². The quantitative estimate of drug-likeness (QED) is 0.571. The summed E-state index contributed by atoms with van der Waals surface area (Å²) in [6, 6.07) is 7.17. The highest BCUT2D eigenvalue weighted by molar-refractivity contribution is 5.89. The molecule has 0 saturated carbocycles. The molecule has 0 spiro atoms. The number of unbranched alkanes of at least 4 members (excludes halogenated alkanes) is 2. The Morgan fingerprint density at radius 3 is 2.32 bits per heavy atom. The molecule has 1 heterocycles. The van der Waals surface area contributed by atoms with Gasteiger partial charge >= 0.3 is 5.97 Å². The van der Waals surface area contributed by atoms with Crippen molar-refractivity contribution in [2.75, 3.05) is 6.61 Å². The van der Waals surface area contributed by atoms with E-state index in [9.17, 15) is 4.79 Å². The Morgan fingerprint density at radius 2 is 1.73 bits per heavy atom. The minimum Gasteiger partial charge on any atom is -0.462 e. The normalized spacial score (nSPS) is 10.5. The molecular formula is C18H22N2O2. The summed E-state index contributed by atoms with van der Waals surface area (Å²) in [5.41, 5.74) is 2.61. The van der Waals surface area contributed by atoms with E-state index in [1.54, 1.807) is 19.1 Å². The van der Waals surface area contributed by atoms with Gasteiger partial charge in [0.2, 0.25) is 0 Å². The molecule has 116 valence electrons. The summed E-state index contributed by atoms with van der Waals surface area (Å²) in [6.07, 6.45) is 8.42. The minimum absolute atomic E-state index is 0.304. The van der Waals surface area contributed by atoms with Gasteiger partial charge < -0.3 is 4.74 Å². The van der Waals surface area contributed by atoms with Crippen molar-refractivity contribution in [3.05, 3.63) is 47.8 Å². The lowest BCUT2D eigenvalue weighted by Crippen LogP contribution is -2.04. The Morgan fingerprint density at radius 1 is 1.05 bits per heavy atom. The Kier molecular flexibility index (Phi) is 6.07. The Labute approximate surface area is 131 Å². The summed E-state index contributed by atoms with van der Waals surface area (Å²) in [7, 11) is 0. The first kappa shape index (κ1) is 16.1. The van der Waals surface area contributed by atoms with Crippen molar-refractivity contribution in [2.45, 2.75) is 39.5 Å². The fourth-order valence-electron chi connectivity index (χ4n) is 2.18. The van der Waals surface area contributed by atoms with Crippen LogP contribution in [-0.2, 0) is 11.2 Å². The largest absolute Gasteiger partial charge is 0.462 e. The van der Waals surface area contributed by atoms with E-state index in [4.69, 9.17) is 4.74 Å². The molecule has 0 bridgehead atoms. The number of carbonyl (C=O) groups excluding carboxylic acids is 1. The number of hydrogen-bond acceptors (Lipinski definition) is 4. The van der Waals surface area contributed by atoms with Crippen molar-refractivity contribution in [1.82, 2.24) is 9.97 Å². The molecule has 0 amide bonds. The van der Waals surface area contributed by atoms with Gasteiger partial charge in [-0.1, -0.05) is 31.9 Å². The van der Waals surface area contributed by atoms with Crippen molar-refractivity contribution >= 4 is 5.97 Å².